The van der Waals surface area contributed by atoms with Gasteiger partial charge in [-0.2, -0.15) is 4.52 Å². The fraction of sp³-hybridized carbons (Fsp3) is 0.227. The summed E-state index contributed by atoms with van der Waals surface area (Å²) in [6.45, 7) is 3.59. The molecule has 4 aromatic rings. The largest absolute Gasteiger partial charge is 0.496 e. The third-order valence-corrected chi connectivity index (χ3v) is 6.57. The molecule has 2 aromatic heterocycles. The first-order valence-corrected chi connectivity index (χ1v) is 11.5. The second-order valence-electron chi connectivity index (χ2n) is 7.31. The standard InChI is InChI=1S/C22H22FN5O4S/c1-14-13-19(15(2)12-18(14)31-3)33(29,30)24-10-11-32-21-9-8-20-25-26-22(28(20)27-21)16-4-6-17(23)7-5-16/h4-9,12-13,24H,10-11H2,1-3H3. The smallest absolute Gasteiger partial charge is 0.240 e. The lowest BCUT2D eigenvalue weighted by molar-refractivity contribution is 0.306. The lowest BCUT2D eigenvalue weighted by Crippen LogP contribution is -2.29. The van der Waals surface area contributed by atoms with E-state index in [2.05, 4.69) is 20.0 Å². The van der Waals surface area contributed by atoms with E-state index >= 15 is 0 Å². The van der Waals surface area contributed by atoms with Crippen LogP contribution in [-0.4, -0.2) is 48.5 Å². The number of benzene rings is 2. The molecule has 9 nitrogen and oxygen atoms in total. The molecule has 11 heteroatoms. The van der Waals surface area contributed by atoms with E-state index in [9.17, 15) is 12.8 Å². The van der Waals surface area contributed by atoms with Gasteiger partial charge in [0.05, 0.1) is 12.0 Å². The summed E-state index contributed by atoms with van der Waals surface area (Å²) in [5, 5.41) is 12.5. The highest BCUT2D eigenvalue weighted by atomic mass is 32.2. The molecule has 0 aliphatic heterocycles. The van der Waals surface area contributed by atoms with Crippen molar-refractivity contribution in [2.24, 2.45) is 0 Å². The van der Waals surface area contributed by atoms with E-state index in [4.69, 9.17) is 9.47 Å². The van der Waals surface area contributed by atoms with Crippen molar-refractivity contribution in [1.29, 1.82) is 0 Å². The minimum absolute atomic E-state index is 0.0412. The number of nitrogens with one attached hydrogen (secondary N) is 1. The van der Waals surface area contributed by atoms with Crippen LogP contribution in [0.5, 0.6) is 11.6 Å². The van der Waals surface area contributed by atoms with E-state index in [0.29, 0.717) is 28.3 Å². The zero-order valence-electron chi connectivity index (χ0n) is 18.2. The molecule has 2 heterocycles. The fourth-order valence-corrected chi connectivity index (χ4v) is 4.63. The number of aromatic nitrogens is 4. The Balaban J connectivity index is 1.43. The molecule has 172 valence electrons. The van der Waals surface area contributed by atoms with E-state index in [0.717, 1.165) is 5.56 Å². The van der Waals surface area contributed by atoms with Crippen LogP contribution in [0.3, 0.4) is 0 Å². The Morgan fingerprint density at radius 2 is 1.79 bits per heavy atom. The average molecular weight is 472 g/mol. The maximum atomic E-state index is 13.2. The van der Waals surface area contributed by atoms with Crippen molar-refractivity contribution >= 4 is 15.7 Å². The number of fused-ring (bicyclic) bond motifs is 1. The number of rotatable bonds is 8. The summed E-state index contributed by atoms with van der Waals surface area (Å²) in [4.78, 5) is 0.189. The van der Waals surface area contributed by atoms with Crippen LogP contribution in [-0.2, 0) is 10.0 Å². The maximum absolute atomic E-state index is 13.2. The van der Waals surface area contributed by atoms with Gasteiger partial charge in [-0.05, 0) is 67.4 Å². The van der Waals surface area contributed by atoms with E-state index in [1.54, 1.807) is 57.4 Å². The van der Waals surface area contributed by atoms with Crippen LogP contribution >= 0.6 is 0 Å². The van der Waals surface area contributed by atoms with Gasteiger partial charge in [-0.15, -0.1) is 15.3 Å². The second kappa shape index (κ2) is 9.12. The fourth-order valence-electron chi connectivity index (χ4n) is 3.31. The molecule has 0 bridgehead atoms. The molecule has 4 rings (SSSR count). The Kier molecular flexibility index (Phi) is 6.25. The summed E-state index contributed by atoms with van der Waals surface area (Å²) in [6, 6.07) is 12.4. The van der Waals surface area contributed by atoms with Gasteiger partial charge in [0, 0.05) is 18.2 Å². The Hall–Kier alpha value is -3.57. The molecule has 0 amide bonds. The topological polar surface area (TPSA) is 108 Å². The first kappa shape index (κ1) is 22.6. The van der Waals surface area contributed by atoms with Crippen LogP contribution in [0.15, 0.2) is 53.4 Å². The highest BCUT2D eigenvalue weighted by molar-refractivity contribution is 7.89. The van der Waals surface area contributed by atoms with E-state index in [1.807, 2.05) is 0 Å². The third kappa shape index (κ3) is 4.78. The molecule has 0 spiro atoms. The van der Waals surface area contributed by atoms with Crippen molar-refractivity contribution in [3.8, 4) is 23.0 Å². The van der Waals surface area contributed by atoms with Crippen LogP contribution < -0.4 is 14.2 Å². The summed E-state index contributed by atoms with van der Waals surface area (Å²) in [7, 11) is -2.19. The van der Waals surface area contributed by atoms with Crippen LogP contribution in [0.2, 0.25) is 0 Å². The number of hydrogen-bond donors (Lipinski definition) is 1. The number of aryl methyl sites for hydroxylation is 2. The van der Waals surface area contributed by atoms with Crippen molar-refractivity contribution in [1.82, 2.24) is 24.5 Å². The van der Waals surface area contributed by atoms with Gasteiger partial charge in [-0.25, -0.2) is 17.5 Å². The molecule has 1 N–H and O–H groups in total. The predicted molar refractivity (Wildman–Crippen MR) is 119 cm³/mol. The second-order valence-corrected chi connectivity index (χ2v) is 9.04. The zero-order chi connectivity index (χ0) is 23.6. The summed E-state index contributed by atoms with van der Waals surface area (Å²) >= 11 is 0. The van der Waals surface area contributed by atoms with Gasteiger partial charge >= 0.3 is 0 Å². The molecule has 0 saturated carbocycles. The molecule has 0 fully saturated rings. The number of nitrogens with zero attached hydrogens (tertiary/aromatic N) is 4. The molecule has 0 saturated heterocycles. The van der Waals surface area contributed by atoms with Crippen molar-refractivity contribution in [3.05, 3.63) is 65.5 Å². The van der Waals surface area contributed by atoms with Crippen LogP contribution in [0.1, 0.15) is 11.1 Å². The lowest BCUT2D eigenvalue weighted by Gasteiger charge is -2.13. The predicted octanol–water partition coefficient (Wildman–Crippen LogP) is 2.91. The number of hydrogen-bond acceptors (Lipinski definition) is 7. The highest BCUT2D eigenvalue weighted by Crippen LogP contribution is 2.25. The van der Waals surface area contributed by atoms with Crippen molar-refractivity contribution < 1.29 is 22.3 Å². The number of halogens is 1. The normalized spacial score (nSPS) is 11.6. The maximum Gasteiger partial charge on any atom is 0.240 e. The molecule has 2 aromatic carbocycles. The molecule has 33 heavy (non-hydrogen) atoms. The Bertz CT molecular complexity index is 1400. The molecular weight excluding hydrogens is 449 g/mol. The van der Waals surface area contributed by atoms with Gasteiger partial charge in [-0.3, -0.25) is 0 Å². The first-order chi connectivity index (χ1) is 15.8. The molecule has 0 atom stereocenters. The Morgan fingerprint density at radius 3 is 2.52 bits per heavy atom. The van der Waals surface area contributed by atoms with Crippen molar-refractivity contribution in [2.75, 3.05) is 20.3 Å². The highest BCUT2D eigenvalue weighted by Gasteiger charge is 2.18. The molecular formula is C22H22FN5O4S. The first-order valence-electron chi connectivity index (χ1n) is 10.0. The van der Waals surface area contributed by atoms with Gasteiger partial charge in [0.25, 0.3) is 0 Å². The molecule has 0 aliphatic rings. The van der Waals surface area contributed by atoms with Crippen LogP contribution in [0, 0.1) is 19.7 Å². The summed E-state index contributed by atoms with van der Waals surface area (Å²) in [5.41, 5.74) is 2.45. The van der Waals surface area contributed by atoms with E-state index < -0.39 is 10.0 Å². The van der Waals surface area contributed by atoms with Crippen LogP contribution in [0.4, 0.5) is 4.39 Å². The van der Waals surface area contributed by atoms with E-state index in [-0.39, 0.29) is 29.7 Å². The summed E-state index contributed by atoms with van der Waals surface area (Å²) in [6.07, 6.45) is 0. The summed E-state index contributed by atoms with van der Waals surface area (Å²) in [5.74, 6) is 0.972. The molecule has 0 aliphatic carbocycles. The lowest BCUT2D eigenvalue weighted by atomic mass is 10.1. The van der Waals surface area contributed by atoms with Gasteiger partial charge in [0.2, 0.25) is 15.9 Å². The monoisotopic (exact) mass is 471 g/mol. The van der Waals surface area contributed by atoms with Gasteiger partial charge in [0.15, 0.2) is 11.5 Å². The minimum Gasteiger partial charge on any atom is -0.496 e. The van der Waals surface area contributed by atoms with Crippen molar-refractivity contribution in [2.45, 2.75) is 18.7 Å². The van der Waals surface area contributed by atoms with E-state index in [1.165, 1.54) is 16.6 Å². The quantitative estimate of drug-likeness (QED) is 0.394. The van der Waals surface area contributed by atoms with Gasteiger partial charge in [0.1, 0.15) is 18.2 Å². The third-order valence-electron chi connectivity index (χ3n) is 4.97. The van der Waals surface area contributed by atoms with Crippen LogP contribution in [0.25, 0.3) is 17.0 Å². The van der Waals surface area contributed by atoms with Gasteiger partial charge in [-0.1, -0.05) is 0 Å². The minimum atomic E-state index is -3.73. The van der Waals surface area contributed by atoms with Gasteiger partial charge < -0.3 is 9.47 Å². The summed E-state index contributed by atoms with van der Waals surface area (Å²) < 4.78 is 53.5. The molecule has 0 unspecified atom stereocenters. The number of ether oxygens (including phenoxy) is 2. The Labute approximate surface area is 190 Å². The average Bonchev–Trinajstić information content (AvgIpc) is 3.21. The SMILES string of the molecule is COc1cc(C)c(S(=O)(=O)NCCOc2ccc3nnc(-c4ccc(F)cc4)n3n2)cc1C. The number of sulfonamides is 1. The Morgan fingerprint density at radius 1 is 1.03 bits per heavy atom. The van der Waals surface area contributed by atoms with Crippen molar-refractivity contribution in [3.63, 3.8) is 0 Å². The zero-order valence-corrected chi connectivity index (χ0v) is 19.1. The molecule has 0 radical (unpaired) electrons. The number of methoxy groups -OCH3 is 1.